The van der Waals surface area contributed by atoms with Gasteiger partial charge in [-0.1, -0.05) is 0 Å². The zero-order valence-electron chi connectivity index (χ0n) is 19.2. The molecule has 0 saturated carbocycles. The number of hydrogen-bond acceptors (Lipinski definition) is 9. The minimum atomic E-state index is -0.550. The number of halogens is 1. The van der Waals surface area contributed by atoms with Crippen LogP contribution in [-0.4, -0.2) is 53.3 Å². The van der Waals surface area contributed by atoms with Crippen molar-refractivity contribution in [2.75, 3.05) is 41.4 Å². The highest BCUT2D eigenvalue weighted by Crippen LogP contribution is 2.23. The normalized spacial score (nSPS) is 15.7. The van der Waals surface area contributed by atoms with Gasteiger partial charge in [-0.05, 0) is 79.8 Å². The fraction of sp³-hybridized carbons (Fsp3) is 0.320. The van der Waals surface area contributed by atoms with Crippen molar-refractivity contribution in [3.8, 4) is 5.75 Å². The maximum absolute atomic E-state index is 13.0. The molecular weight excluding hydrogens is 449 g/mol. The Bertz CT molecular complexity index is 1160. The lowest BCUT2D eigenvalue weighted by atomic mass is 10.2. The number of hydrazone groups is 1. The smallest absolute Gasteiger partial charge is 0.343 e. The molecule has 2 fully saturated rings. The number of carbonyl (C=O) groups is 1. The Morgan fingerprint density at radius 3 is 2.00 bits per heavy atom. The molecular formula is C25H26FN7O2. The van der Waals surface area contributed by atoms with Crippen LogP contribution < -0.4 is 20.0 Å². The van der Waals surface area contributed by atoms with E-state index in [0.717, 1.165) is 57.4 Å². The number of ether oxygens (including phenoxy) is 1. The number of carbonyl (C=O) groups excluding carboxylic acids is 1. The Labute approximate surface area is 202 Å². The third-order valence-electron chi connectivity index (χ3n) is 5.94. The largest absolute Gasteiger partial charge is 0.423 e. The van der Waals surface area contributed by atoms with E-state index in [-0.39, 0.29) is 5.56 Å². The van der Waals surface area contributed by atoms with Crippen LogP contribution in [0.1, 0.15) is 41.6 Å². The van der Waals surface area contributed by atoms with E-state index >= 15 is 0 Å². The van der Waals surface area contributed by atoms with Crippen molar-refractivity contribution < 1.29 is 13.9 Å². The number of anilines is 3. The van der Waals surface area contributed by atoms with Crippen molar-refractivity contribution in [2.45, 2.75) is 25.7 Å². The molecule has 1 N–H and O–H groups in total. The third-order valence-corrected chi connectivity index (χ3v) is 5.94. The van der Waals surface area contributed by atoms with Gasteiger partial charge in [0.05, 0.1) is 11.8 Å². The summed E-state index contributed by atoms with van der Waals surface area (Å²) in [5.74, 6) is 1.20. The van der Waals surface area contributed by atoms with Gasteiger partial charge >= 0.3 is 5.97 Å². The molecule has 35 heavy (non-hydrogen) atoms. The lowest BCUT2D eigenvalue weighted by molar-refractivity contribution is 0.0734. The summed E-state index contributed by atoms with van der Waals surface area (Å²) < 4.78 is 18.4. The molecule has 5 rings (SSSR count). The van der Waals surface area contributed by atoms with Gasteiger partial charge in [0.25, 0.3) is 0 Å². The first-order valence-electron chi connectivity index (χ1n) is 11.8. The molecule has 0 amide bonds. The Morgan fingerprint density at radius 1 is 0.857 bits per heavy atom. The second-order valence-corrected chi connectivity index (χ2v) is 8.48. The van der Waals surface area contributed by atoms with Crippen molar-refractivity contribution >= 4 is 30.0 Å². The molecule has 2 saturated heterocycles. The van der Waals surface area contributed by atoms with E-state index in [2.05, 4.69) is 30.3 Å². The first-order valence-corrected chi connectivity index (χ1v) is 11.8. The van der Waals surface area contributed by atoms with E-state index < -0.39 is 11.8 Å². The molecule has 9 nitrogen and oxygen atoms in total. The molecule has 0 unspecified atom stereocenters. The van der Waals surface area contributed by atoms with Crippen LogP contribution in [-0.2, 0) is 0 Å². The van der Waals surface area contributed by atoms with Crippen LogP contribution in [0.2, 0.25) is 0 Å². The molecule has 3 aromatic rings. The molecule has 2 aliphatic rings. The zero-order valence-corrected chi connectivity index (χ0v) is 19.2. The van der Waals surface area contributed by atoms with Gasteiger partial charge in [0.2, 0.25) is 17.8 Å². The van der Waals surface area contributed by atoms with Crippen LogP contribution in [0.25, 0.3) is 0 Å². The molecule has 1 aromatic heterocycles. The van der Waals surface area contributed by atoms with Gasteiger partial charge in [-0.3, -0.25) is 0 Å². The van der Waals surface area contributed by atoms with E-state index in [1.165, 1.54) is 24.3 Å². The molecule has 0 bridgehead atoms. The molecule has 10 heteroatoms. The molecule has 0 radical (unpaired) electrons. The SMILES string of the molecule is O=C(Oc1ccc(/C=N\Nc2nc(N3CCCC3)nc(N3CCCC3)n2)cc1)c1ccc(F)cc1. The molecule has 2 aromatic carbocycles. The summed E-state index contributed by atoms with van der Waals surface area (Å²) in [5, 5.41) is 4.29. The van der Waals surface area contributed by atoms with Gasteiger partial charge in [0.1, 0.15) is 11.6 Å². The number of hydrogen-bond donors (Lipinski definition) is 1. The van der Waals surface area contributed by atoms with Crippen molar-refractivity contribution in [3.63, 3.8) is 0 Å². The zero-order chi connectivity index (χ0) is 24.0. The van der Waals surface area contributed by atoms with Crippen LogP contribution in [0.5, 0.6) is 5.75 Å². The maximum atomic E-state index is 13.0. The van der Waals surface area contributed by atoms with Crippen LogP contribution in [0.15, 0.2) is 53.6 Å². The Balaban J connectivity index is 1.23. The summed E-state index contributed by atoms with van der Waals surface area (Å²) in [7, 11) is 0. The van der Waals surface area contributed by atoms with E-state index in [0.29, 0.717) is 23.6 Å². The van der Waals surface area contributed by atoms with Gasteiger partial charge in [-0.2, -0.15) is 20.1 Å². The van der Waals surface area contributed by atoms with Crippen molar-refractivity contribution in [1.29, 1.82) is 0 Å². The van der Waals surface area contributed by atoms with E-state index in [1.807, 2.05) is 0 Å². The highest BCUT2D eigenvalue weighted by Gasteiger charge is 2.21. The summed E-state index contributed by atoms with van der Waals surface area (Å²) in [4.78, 5) is 30.4. The topological polar surface area (TPSA) is 95.8 Å². The summed E-state index contributed by atoms with van der Waals surface area (Å²) in [6, 6.07) is 12.1. The maximum Gasteiger partial charge on any atom is 0.343 e. The Kier molecular flexibility index (Phi) is 6.78. The highest BCUT2D eigenvalue weighted by molar-refractivity contribution is 5.91. The number of aromatic nitrogens is 3. The van der Waals surface area contributed by atoms with Gasteiger partial charge in [0, 0.05) is 26.2 Å². The molecule has 0 spiro atoms. The molecule has 0 atom stereocenters. The van der Waals surface area contributed by atoms with E-state index in [4.69, 9.17) is 9.72 Å². The summed E-state index contributed by atoms with van der Waals surface area (Å²) in [5.41, 5.74) is 4.01. The lowest BCUT2D eigenvalue weighted by Crippen LogP contribution is -2.25. The number of esters is 1. The number of rotatable bonds is 7. The fourth-order valence-electron chi connectivity index (χ4n) is 4.06. The minimum Gasteiger partial charge on any atom is -0.423 e. The summed E-state index contributed by atoms with van der Waals surface area (Å²) in [6.07, 6.45) is 6.20. The summed E-state index contributed by atoms with van der Waals surface area (Å²) in [6.45, 7) is 3.79. The number of nitrogens with zero attached hydrogens (tertiary/aromatic N) is 6. The number of nitrogens with one attached hydrogen (secondary N) is 1. The third kappa shape index (κ3) is 5.71. The van der Waals surface area contributed by atoms with E-state index in [1.54, 1.807) is 30.5 Å². The second kappa shape index (κ2) is 10.5. The first kappa shape index (κ1) is 22.7. The van der Waals surface area contributed by atoms with Crippen LogP contribution in [0.4, 0.5) is 22.2 Å². The van der Waals surface area contributed by atoms with Gasteiger partial charge < -0.3 is 14.5 Å². The van der Waals surface area contributed by atoms with Crippen LogP contribution in [0.3, 0.4) is 0 Å². The van der Waals surface area contributed by atoms with Crippen molar-refractivity contribution in [3.05, 3.63) is 65.5 Å². The first-order chi connectivity index (χ1) is 17.1. The molecule has 2 aliphatic heterocycles. The van der Waals surface area contributed by atoms with Crippen LogP contribution in [0, 0.1) is 5.82 Å². The Morgan fingerprint density at radius 2 is 1.43 bits per heavy atom. The van der Waals surface area contributed by atoms with Crippen molar-refractivity contribution in [2.24, 2.45) is 5.10 Å². The predicted octanol–water partition coefficient (Wildman–Crippen LogP) is 3.88. The predicted molar refractivity (Wildman–Crippen MR) is 132 cm³/mol. The summed E-state index contributed by atoms with van der Waals surface area (Å²) >= 11 is 0. The lowest BCUT2D eigenvalue weighted by Gasteiger charge is -2.20. The Hall–Kier alpha value is -4.08. The molecule has 180 valence electrons. The minimum absolute atomic E-state index is 0.278. The fourth-order valence-corrected chi connectivity index (χ4v) is 4.06. The van der Waals surface area contributed by atoms with Gasteiger partial charge in [-0.15, -0.1) is 0 Å². The van der Waals surface area contributed by atoms with Gasteiger partial charge in [0.15, 0.2) is 0 Å². The average molecular weight is 476 g/mol. The quantitative estimate of drug-likeness (QED) is 0.238. The second-order valence-electron chi connectivity index (χ2n) is 8.48. The molecule has 3 heterocycles. The van der Waals surface area contributed by atoms with Crippen molar-refractivity contribution in [1.82, 2.24) is 15.0 Å². The van der Waals surface area contributed by atoms with E-state index in [9.17, 15) is 9.18 Å². The number of benzene rings is 2. The average Bonchev–Trinajstić information content (AvgIpc) is 3.60. The van der Waals surface area contributed by atoms with Gasteiger partial charge in [-0.25, -0.2) is 14.6 Å². The molecule has 0 aliphatic carbocycles. The highest BCUT2D eigenvalue weighted by atomic mass is 19.1. The monoisotopic (exact) mass is 475 g/mol. The standard InChI is InChI=1S/C25H26FN7O2/c26-20-9-7-19(8-10-20)22(34)35-21-11-5-18(6-12-21)17-27-31-23-28-24(32-13-1-2-14-32)30-25(29-23)33-15-3-4-16-33/h5-12,17H,1-4,13-16H2,(H,28,29,30,31)/b27-17-. The van der Waals surface area contributed by atoms with Crippen LogP contribution >= 0.6 is 0 Å².